The first kappa shape index (κ1) is 17.8. The Hall–Kier alpha value is -2.01. The van der Waals surface area contributed by atoms with E-state index in [1.165, 1.54) is 6.20 Å². The Balaban J connectivity index is 1.95. The van der Waals surface area contributed by atoms with Gasteiger partial charge in [0.2, 0.25) is 0 Å². The van der Waals surface area contributed by atoms with Gasteiger partial charge in [-0.1, -0.05) is 53.9 Å². The van der Waals surface area contributed by atoms with Crippen molar-refractivity contribution >= 4 is 46.4 Å². The number of nitrogens with zero attached hydrogens (tertiary/aromatic N) is 2. The molecule has 2 aromatic carbocycles. The molecule has 0 saturated carbocycles. The van der Waals surface area contributed by atoms with Gasteiger partial charge in [0.1, 0.15) is 0 Å². The lowest BCUT2D eigenvalue weighted by Gasteiger charge is -2.10. The number of hydrogen-bond acceptors (Lipinski definition) is 2. The third kappa shape index (κ3) is 3.66. The predicted molar refractivity (Wildman–Crippen MR) is 102 cm³/mol. The summed E-state index contributed by atoms with van der Waals surface area (Å²) in [6.45, 7) is 1.96. The van der Waals surface area contributed by atoms with E-state index in [0.29, 0.717) is 32.7 Å². The molecular weight excluding hydrogens is 381 g/mol. The van der Waals surface area contributed by atoms with Crippen molar-refractivity contribution in [1.29, 1.82) is 0 Å². The van der Waals surface area contributed by atoms with Gasteiger partial charge in [-0.2, -0.15) is 5.10 Å². The number of amides is 1. The second-order valence-electron chi connectivity index (χ2n) is 5.31. The highest BCUT2D eigenvalue weighted by Gasteiger charge is 2.18. The normalized spacial score (nSPS) is 10.7. The van der Waals surface area contributed by atoms with Crippen molar-refractivity contribution in [2.24, 2.45) is 0 Å². The molecule has 0 unspecified atom stereocenters. The van der Waals surface area contributed by atoms with Crippen molar-refractivity contribution in [1.82, 2.24) is 9.78 Å². The average Bonchev–Trinajstić information content (AvgIpc) is 3.03. The lowest BCUT2D eigenvalue weighted by molar-refractivity contribution is 0.102. The van der Waals surface area contributed by atoms with E-state index in [4.69, 9.17) is 34.8 Å². The number of carbonyl (C=O) groups is 1. The van der Waals surface area contributed by atoms with E-state index >= 15 is 0 Å². The molecule has 0 saturated heterocycles. The highest BCUT2D eigenvalue weighted by atomic mass is 35.5. The van der Waals surface area contributed by atoms with Crippen LogP contribution in [0.15, 0.2) is 48.7 Å². The molecule has 4 nitrogen and oxygen atoms in total. The topological polar surface area (TPSA) is 46.9 Å². The van der Waals surface area contributed by atoms with Crippen LogP contribution in [0.4, 0.5) is 5.69 Å². The summed E-state index contributed by atoms with van der Waals surface area (Å²) in [6, 6.07) is 12.4. The lowest BCUT2D eigenvalue weighted by Crippen LogP contribution is -2.14. The molecule has 7 heteroatoms. The van der Waals surface area contributed by atoms with E-state index in [-0.39, 0.29) is 5.91 Å². The number of nitrogens with one attached hydrogen (secondary N) is 1. The quantitative estimate of drug-likeness (QED) is 0.622. The Morgan fingerprint density at radius 2 is 1.92 bits per heavy atom. The monoisotopic (exact) mass is 393 g/mol. The van der Waals surface area contributed by atoms with Crippen molar-refractivity contribution in [3.63, 3.8) is 0 Å². The van der Waals surface area contributed by atoms with E-state index in [1.807, 2.05) is 19.1 Å². The number of rotatable bonds is 4. The van der Waals surface area contributed by atoms with Crippen LogP contribution < -0.4 is 5.32 Å². The number of benzene rings is 2. The van der Waals surface area contributed by atoms with E-state index in [9.17, 15) is 4.79 Å². The van der Waals surface area contributed by atoms with Crippen LogP contribution in [0.3, 0.4) is 0 Å². The number of halogens is 3. The Morgan fingerprint density at radius 1 is 1.16 bits per heavy atom. The highest BCUT2D eigenvalue weighted by molar-refractivity contribution is 6.44. The van der Waals surface area contributed by atoms with Gasteiger partial charge >= 0.3 is 0 Å². The number of hydrogen-bond donors (Lipinski definition) is 1. The molecule has 128 valence electrons. The fourth-order valence-electron chi connectivity index (χ4n) is 2.52. The summed E-state index contributed by atoms with van der Waals surface area (Å²) in [4.78, 5) is 12.7. The van der Waals surface area contributed by atoms with Crippen molar-refractivity contribution in [2.75, 3.05) is 5.32 Å². The molecule has 25 heavy (non-hydrogen) atoms. The first-order valence-electron chi connectivity index (χ1n) is 7.59. The van der Waals surface area contributed by atoms with Crippen LogP contribution in [0.1, 0.15) is 23.0 Å². The summed E-state index contributed by atoms with van der Waals surface area (Å²) in [5.74, 6) is -0.297. The molecule has 0 bridgehead atoms. The van der Waals surface area contributed by atoms with E-state index < -0.39 is 0 Å². The van der Waals surface area contributed by atoms with Crippen LogP contribution in [-0.4, -0.2) is 15.7 Å². The molecule has 0 spiro atoms. The van der Waals surface area contributed by atoms with Gasteiger partial charge < -0.3 is 5.32 Å². The standard InChI is InChI=1S/C18H14Cl3N3O/c1-2-16-13(10-22-24(16)12-6-3-5-11(19)9-12)18(25)23-15-8-4-7-14(20)17(15)21/h3-10H,2H2,1H3,(H,23,25). The summed E-state index contributed by atoms with van der Waals surface area (Å²) in [5.41, 5.74) is 2.50. The van der Waals surface area contributed by atoms with Crippen molar-refractivity contribution < 1.29 is 4.79 Å². The van der Waals surface area contributed by atoms with Gasteiger partial charge in [0.25, 0.3) is 5.91 Å². The summed E-state index contributed by atoms with van der Waals surface area (Å²) in [6.07, 6.45) is 2.16. The van der Waals surface area contributed by atoms with Crippen molar-refractivity contribution in [3.8, 4) is 5.69 Å². The first-order valence-corrected chi connectivity index (χ1v) is 8.73. The molecule has 1 amide bonds. The van der Waals surface area contributed by atoms with Gasteiger partial charge in [0.05, 0.1) is 38.9 Å². The summed E-state index contributed by atoms with van der Waals surface area (Å²) in [7, 11) is 0. The van der Waals surface area contributed by atoms with Crippen molar-refractivity contribution in [2.45, 2.75) is 13.3 Å². The lowest BCUT2D eigenvalue weighted by atomic mass is 10.2. The second kappa shape index (κ2) is 7.48. The van der Waals surface area contributed by atoms with Gasteiger partial charge in [0.15, 0.2) is 0 Å². The van der Waals surface area contributed by atoms with E-state index in [0.717, 1.165) is 11.4 Å². The number of anilines is 1. The smallest absolute Gasteiger partial charge is 0.259 e. The van der Waals surface area contributed by atoms with Gasteiger partial charge in [-0.05, 0) is 36.8 Å². The molecule has 0 radical (unpaired) electrons. The van der Waals surface area contributed by atoms with Gasteiger partial charge in [-0.15, -0.1) is 0 Å². The van der Waals surface area contributed by atoms with Crippen LogP contribution in [-0.2, 0) is 6.42 Å². The number of carbonyl (C=O) groups excluding carboxylic acids is 1. The van der Waals surface area contributed by atoms with Crippen molar-refractivity contribution in [3.05, 3.63) is 75.0 Å². The zero-order chi connectivity index (χ0) is 18.0. The molecule has 3 aromatic rings. The van der Waals surface area contributed by atoms with Gasteiger partial charge in [-0.25, -0.2) is 4.68 Å². The predicted octanol–water partition coefficient (Wildman–Crippen LogP) is 5.65. The minimum absolute atomic E-state index is 0.297. The maximum absolute atomic E-state index is 12.7. The van der Waals surface area contributed by atoms with Crippen LogP contribution in [0, 0.1) is 0 Å². The Morgan fingerprint density at radius 3 is 2.64 bits per heavy atom. The molecule has 0 aliphatic heterocycles. The minimum Gasteiger partial charge on any atom is -0.320 e. The van der Waals surface area contributed by atoms with Crippen LogP contribution in [0.2, 0.25) is 15.1 Å². The van der Waals surface area contributed by atoms with Crippen LogP contribution >= 0.6 is 34.8 Å². The van der Waals surface area contributed by atoms with Crippen LogP contribution in [0.25, 0.3) is 5.69 Å². The zero-order valence-electron chi connectivity index (χ0n) is 13.3. The SMILES string of the molecule is CCc1c(C(=O)Nc2cccc(Cl)c2Cl)cnn1-c1cccc(Cl)c1. The third-order valence-electron chi connectivity index (χ3n) is 3.70. The maximum Gasteiger partial charge on any atom is 0.259 e. The fraction of sp³-hybridized carbons (Fsp3) is 0.111. The average molecular weight is 395 g/mol. The molecule has 0 aliphatic rings. The third-order valence-corrected chi connectivity index (χ3v) is 4.75. The van der Waals surface area contributed by atoms with Gasteiger partial charge in [-0.3, -0.25) is 4.79 Å². The maximum atomic E-state index is 12.7. The Labute approximate surface area is 160 Å². The Bertz CT molecular complexity index is 937. The van der Waals surface area contributed by atoms with Crippen LogP contribution in [0.5, 0.6) is 0 Å². The molecule has 0 aliphatic carbocycles. The molecule has 1 aromatic heterocycles. The highest BCUT2D eigenvalue weighted by Crippen LogP contribution is 2.30. The molecule has 3 rings (SSSR count). The Kier molecular flexibility index (Phi) is 5.33. The fourth-order valence-corrected chi connectivity index (χ4v) is 3.06. The first-order chi connectivity index (χ1) is 12.0. The van der Waals surface area contributed by atoms with Gasteiger partial charge in [0, 0.05) is 5.02 Å². The second-order valence-corrected chi connectivity index (χ2v) is 6.53. The minimum atomic E-state index is -0.297. The van der Waals surface area contributed by atoms with E-state index in [2.05, 4.69) is 10.4 Å². The molecule has 0 fully saturated rings. The number of aromatic nitrogens is 2. The summed E-state index contributed by atoms with van der Waals surface area (Å²) in [5, 5.41) is 8.41. The zero-order valence-corrected chi connectivity index (χ0v) is 15.5. The molecule has 1 heterocycles. The summed E-state index contributed by atoms with van der Waals surface area (Å²) < 4.78 is 1.71. The largest absolute Gasteiger partial charge is 0.320 e. The summed E-state index contributed by atoms with van der Waals surface area (Å²) >= 11 is 18.2. The molecular formula is C18H14Cl3N3O. The molecule has 1 N–H and O–H groups in total. The van der Waals surface area contributed by atoms with E-state index in [1.54, 1.807) is 35.0 Å². The molecule has 0 atom stereocenters.